The van der Waals surface area contributed by atoms with E-state index in [0.29, 0.717) is 6.54 Å². The van der Waals surface area contributed by atoms with Crippen molar-refractivity contribution in [2.24, 2.45) is 7.05 Å². The highest BCUT2D eigenvalue weighted by Crippen LogP contribution is 2.27. The fourth-order valence-corrected chi connectivity index (χ4v) is 3.16. The molecule has 1 aliphatic heterocycles. The van der Waals surface area contributed by atoms with Gasteiger partial charge < -0.3 is 15.2 Å². The second-order valence-corrected chi connectivity index (χ2v) is 6.19. The summed E-state index contributed by atoms with van der Waals surface area (Å²) in [5.74, 6) is 0.0550. The summed E-state index contributed by atoms with van der Waals surface area (Å²) < 4.78 is 2.19. The van der Waals surface area contributed by atoms with Gasteiger partial charge in [0.1, 0.15) is 6.04 Å². The van der Waals surface area contributed by atoms with Crippen molar-refractivity contribution in [3.05, 3.63) is 29.5 Å². The maximum absolute atomic E-state index is 12.5. The lowest BCUT2D eigenvalue weighted by molar-refractivity contribution is -0.121. The van der Waals surface area contributed by atoms with E-state index < -0.39 is 0 Å². The van der Waals surface area contributed by atoms with Crippen molar-refractivity contribution in [1.82, 2.24) is 14.8 Å². The van der Waals surface area contributed by atoms with Gasteiger partial charge in [-0.15, -0.1) is 0 Å². The molecule has 2 N–H and O–H groups in total. The molecule has 1 aliphatic rings. The molecule has 1 aromatic heterocycles. The van der Waals surface area contributed by atoms with Crippen molar-refractivity contribution in [2.45, 2.75) is 19.9 Å². The average molecular weight is 300 g/mol. The molecule has 0 radical (unpaired) electrons. The van der Waals surface area contributed by atoms with E-state index in [1.165, 1.54) is 22.2 Å². The van der Waals surface area contributed by atoms with Gasteiger partial charge in [-0.05, 0) is 44.7 Å². The number of aryl methyl sites for hydroxylation is 2. The number of fused-ring (bicyclic) bond motifs is 1. The maximum atomic E-state index is 12.5. The van der Waals surface area contributed by atoms with Gasteiger partial charge in [0.05, 0.1) is 0 Å². The number of benzene rings is 1. The summed E-state index contributed by atoms with van der Waals surface area (Å²) in [6.07, 6.45) is 0. The molecule has 0 saturated carbocycles. The molecule has 118 valence electrons. The highest BCUT2D eigenvalue weighted by molar-refractivity contribution is 5.98. The summed E-state index contributed by atoms with van der Waals surface area (Å²) in [5.41, 5.74) is 4.59. The van der Waals surface area contributed by atoms with Gasteiger partial charge in [-0.3, -0.25) is 9.69 Å². The quantitative estimate of drug-likeness (QED) is 0.886. The fraction of sp³-hybridized carbons (Fsp3) is 0.471. The molecule has 1 atom stereocenters. The minimum Gasteiger partial charge on any atom is -0.348 e. The third-order valence-corrected chi connectivity index (χ3v) is 4.89. The summed E-state index contributed by atoms with van der Waals surface area (Å²) in [7, 11) is 4.07. The number of nitrogens with one attached hydrogen (secondary N) is 2. The molecule has 5 nitrogen and oxygen atoms in total. The van der Waals surface area contributed by atoms with E-state index in [2.05, 4.69) is 53.1 Å². The smallest absolute Gasteiger partial charge is 0.243 e. The Morgan fingerprint density at radius 2 is 2.09 bits per heavy atom. The number of carbonyl (C=O) groups is 1. The van der Waals surface area contributed by atoms with Crippen LogP contribution in [0, 0.1) is 13.8 Å². The molecular weight excluding hydrogens is 276 g/mol. The van der Waals surface area contributed by atoms with Crippen LogP contribution in [0.3, 0.4) is 0 Å². The third kappa shape index (κ3) is 2.51. The first-order valence-corrected chi connectivity index (χ1v) is 7.76. The number of piperazine rings is 1. The highest BCUT2D eigenvalue weighted by atomic mass is 16.2. The van der Waals surface area contributed by atoms with Crippen LogP contribution in [0.4, 0.5) is 5.69 Å². The first-order valence-electron chi connectivity index (χ1n) is 7.76. The van der Waals surface area contributed by atoms with Crippen LogP contribution in [-0.4, -0.2) is 48.1 Å². The van der Waals surface area contributed by atoms with Gasteiger partial charge in [0.25, 0.3) is 0 Å². The van der Waals surface area contributed by atoms with E-state index in [4.69, 9.17) is 0 Å². The lowest BCUT2D eigenvalue weighted by Gasteiger charge is -2.31. The van der Waals surface area contributed by atoms with E-state index in [9.17, 15) is 4.79 Å². The zero-order chi connectivity index (χ0) is 15.9. The Morgan fingerprint density at radius 3 is 2.82 bits per heavy atom. The summed E-state index contributed by atoms with van der Waals surface area (Å²) in [5, 5.41) is 7.54. The third-order valence-electron chi connectivity index (χ3n) is 4.89. The molecule has 1 aromatic carbocycles. The Balaban J connectivity index is 1.85. The monoisotopic (exact) mass is 300 g/mol. The van der Waals surface area contributed by atoms with Gasteiger partial charge in [0, 0.05) is 49.0 Å². The number of amides is 1. The second kappa shape index (κ2) is 5.74. The van der Waals surface area contributed by atoms with Crippen LogP contribution in [0.25, 0.3) is 10.9 Å². The standard InChI is InChI=1S/C17H24N4O/c1-11-12(2)21(4)15-6-5-13(9-14(11)15)19-17(22)16-10-18-7-8-20(16)3/h5-6,9,16,18H,7-8,10H2,1-4H3,(H,19,22). The molecule has 1 amide bonds. The topological polar surface area (TPSA) is 49.3 Å². The number of likely N-dealkylation sites (N-methyl/N-ethyl adjacent to an activating group) is 1. The predicted octanol–water partition coefficient (Wildman–Crippen LogP) is 1.64. The van der Waals surface area contributed by atoms with Crippen molar-refractivity contribution >= 4 is 22.5 Å². The number of anilines is 1. The number of carbonyl (C=O) groups excluding carboxylic acids is 1. The van der Waals surface area contributed by atoms with Crippen LogP contribution in [-0.2, 0) is 11.8 Å². The lowest BCUT2D eigenvalue weighted by Crippen LogP contribution is -2.54. The normalized spacial score (nSPS) is 19.5. The molecule has 0 bridgehead atoms. The van der Waals surface area contributed by atoms with E-state index in [0.717, 1.165) is 18.8 Å². The minimum absolute atomic E-state index is 0.0550. The number of nitrogens with zero attached hydrogens (tertiary/aromatic N) is 2. The first kappa shape index (κ1) is 15.1. The van der Waals surface area contributed by atoms with Gasteiger partial charge in [0.15, 0.2) is 0 Å². The van der Waals surface area contributed by atoms with Gasteiger partial charge in [0.2, 0.25) is 5.91 Å². The molecule has 0 aliphatic carbocycles. The average Bonchev–Trinajstić information content (AvgIpc) is 2.72. The van der Waals surface area contributed by atoms with Crippen LogP contribution in [0.15, 0.2) is 18.2 Å². The summed E-state index contributed by atoms with van der Waals surface area (Å²) in [4.78, 5) is 14.6. The van der Waals surface area contributed by atoms with Gasteiger partial charge in [-0.2, -0.15) is 0 Å². The molecule has 0 spiro atoms. The number of hydrogen-bond donors (Lipinski definition) is 2. The number of aromatic nitrogens is 1. The van der Waals surface area contributed by atoms with E-state index >= 15 is 0 Å². The number of rotatable bonds is 2. The molecule has 2 aromatic rings. The van der Waals surface area contributed by atoms with Crippen molar-refractivity contribution in [3.63, 3.8) is 0 Å². The number of hydrogen-bond acceptors (Lipinski definition) is 3. The van der Waals surface area contributed by atoms with Crippen LogP contribution in [0.1, 0.15) is 11.3 Å². The van der Waals surface area contributed by atoms with Crippen LogP contribution < -0.4 is 10.6 Å². The van der Waals surface area contributed by atoms with Crippen LogP contribution in [0.5, 0.6) is 0 Å². The summed E-state index contributed by atoms with van der Waals surface area (Å²) in [6.45, 7) is 6.79. The lowest BCUT2D eigenvalue weighted by atomic mass is 10.1. The van der Waals surface area contributed by atoms with Gasteiger partial charge in [-0.1, -0.05) is 0 Å². The molecule has 3 rings (SSSR count). The minimum atomic E-state index is -0.108. The van der Waals surface area contributed by atoms with Crippen molar-refractivity contribution in [3.8, 4) is 0 Å². The fourth-order valence-electron chi connectivity index (χ4n) is 3.16. The van der Waals surface area contributed by atoms with Gasteiger partial charge in [-0.25, -0.2) is 0 Å². The Bertz CT molecular complexity index is 719. The molecule has 5 heteroatoms. The van der Waals surface area contributed by atoms with Crippen molar-refractivity contribution in [2.75, 3.05) is 32.0 Å². The van der Waals surface area contributed by atoms with Crippen molar-refractivity contribution < 1.29 is 4.79 Å². The maximum Gasteiger partial charge on any atom is 0.243 e. The van der Waals surface area contributed by atoms with Gasteiger partial charge >= 0.3 is 0 Å². The largest absolute Gasteiger partial charge is 0.348 e. The van der Waals surface area contributed by atoms with E-state index in [1.54, 1.807) is 0 Å². The van der Waals surface area contributed by atoms with E-state index in [1.807, 2.05) is 13.1 Å². The van der Waals surface area contributed by atoms with Crippen molar-refractivity contribution in [1.29, 1.82) is 0 Å². The Labute approximate surface area is 131 Å². The summed E-state index contributed by atoms with van der Waals surface area (Å²) in [6, 6.07) is 6.03. The zero-order valence-corrected chi connectivity index (χ0v) is 13.7. The Morgan fingerprint density at radius 1 is 1.32 bits per heavy atom. The SMILES string of the molecule is Cc1c(C)n(C)c2ccc(NC(=O)C3CNCCN3C)cc12. The molecule has 2 heterocycles. The molecule has 22 heavy (non-hydrogen) atoms. The molecule has 1 unspecified atom stereocenters. The molecule has 1 fully saturated rings. The summed E-state index contributed by atoms with van der Waals surface area (Å²) >= 11 is 0. The predicted molar refractivity (Wildman–Crippen MR) is 90.3 cm³/mol. The molecule has 1 saturated heterocycles. The van der Waals surface area contributed by atoms with Crippen LogP contribution in [0.2, 0.25) is 0 Å². The first-order chi connectivity index (χ1) is 10.5. The molecular formula is C17H24N4O. The van der Waals surface area contributed by atoms with E-state index in [-0.39, 0.29) is 11.9 Å². The highest BCUT2D eigenvalue weighted by Gasteiger charge is 2.25. The Hall–Kier alpha value is -1.85. The zero-order valence-electron chi connectivity index (χ0n) is 13.7. The Kier molecular flexibility index (Phi) is 3.93. The van der Waals surface area contributed by atoms with Crippen LogP contribution >= 0.6 is 0 Å². The second-order valence-electron chi connectivity index (χ2n) is 6.19.